The molecule has 0 aliphatic carbocycles. The van der Waals surface area contributed by atoms with E-state index in [-0.39, 0.29) is 26.2 Å². The number of halogens is 6. The number of alkyl halides is 1. The van der Waals surface area contributed by atoms with Gasteiger partial charge in [0.2, 0.25) is 0 Å². The maximum absolute atomic E-state index is 15.5. The maximum atomic E-state index is 15.5. The first kappa shape index (κ1) is 33.9. The smallest absolute Gasteiger partial charge is 0.338 e. The minimum Gasteiger partial charge on any atom is -0.459 e. The fraction of sp³-hybridized carbons (Fsp3) is 0.192. The van der Waals surface area contributed by atoms with Gasteiger partial charge in [0.25, 0.3) is 10.1 Å². The number of hydrogen-bond donors (Lipinski definition) is 0. The molecule has 16 heteroatoms. The number of nitrogens with zero attached hydrogens (tertiary/aromatic N) is 1. The molecule has 0 N–H and O–H groups in total. The second kappa shape index (κ2) is 15.2. The van der Waals surface area contributed by atoms with Crippen LogP contribution in [0.1, 0.15) is 20.7 Å². The Balaban J connectivity index is 2.02. The third-order valence-corrected chi connectivity index (χ3v) is 8.29. The lowest BCUT2D eigenvalue weighted by Gasteiger charge is -2.27. The van der Waals surface area contributed by atoms with Crippen LogP contribution in [0.15, 0.2) is 70.7 Å². The molecular weight excluding hydrogens is 683 g/mol. The summed E-state index contributed by atoms with van der Waals surface area (Å²) in [6, 6.07) is 12.8. The van der Waals surface area contributed by atoms with E-state index in [1.807, 2.05) is 0 Å². The average Bonchev–Trinajstić information content (AvgIpc) is 2.95. The SMILES string of the molecule is CON=C[C@@H](F)[C@H](OC(=O)c1ccc(Cl)cc1)[C@@H](COC(=O)c1ccc(Cl)cc1)OS(=O)(=O)c1cc(Cl)c(Cl)cc1Cl. The zero-order chi connectivity index (χ0) is 31.0. The first-order chi connectivity index (χ1) is 19.8. The van der Waals surface area contributed by atoms with Crippen LogP contribution in [0, 0.1) is 0 Å². The van der Waals surface area contributed by atoms with Gasteiger partial charge in [-0.05, 0) is 60.7 Å². The molecule has 0 aliphatic rings. The van der Waals surface area contributed by atoms with Gasteiger partial charge >= 0.3 is 11.9 Å². The van der Waals surface area contributed by atoms with Crippen molar-refractivity contribution in [3.63, 3.8) is 0 Å². The van der Waals surface area contributed by atoms with Crippen molar-refractivity contribution in [1.82, 2.24) is 0 Å². The number of benzene rings is 3. The number of oxime groups is 1. The highest BCUT2D eigenvalue weighted by Crippen LogP contribution is 2.33. The Hall–Kier alpha value is -2.64. The maximum Gasteiger partial charge on any atom is 0.338 e. The van der Waals surface area contributed by atoms with E-state index in [1.54, 1.807) is 0 Å². The van der Waals surface area contributed by atoms with E-state index in [0.717, 1.165) is 19.2 Å². The van der Waals surface area contributed by atoms with Gasteiger partial charge in [-0.1, -0.05) is 63.2 Å². The summed E-state index contributed by atoms with van der Waals surface area (Å²) in [6.45, 7) is -0.931. The fourth-order valence-corrected chi connectivity index (χ4v) is 5.54. The van der Waals surface area contributed by atoms with Crippen LogP contribution in [0.25, 0.3) is 0 Å². The monoisotopic (exact) mass is 699 g/mol. The summed E-state index contributed by atoms with van der Waals surface area (Å²) in [4.78, 5) is 29.5. The van der Waals surface area contributed by atoms with Crippen LogP contribution in [-0.2, 0) is 28.6 Å². The number of hydrogen-bond acceptors (Lipinski definition) is 9. The minimum atomic E-state index is -4.89. The van der Waals surface area contributed by atoms with Crippen molar-refractivity contribution in [2.45, 2.75) is 23.3 Å². The van der Waals surface area contributed by atoms with Crippen LogP contribution in [-0.4, -0.2) is 58.7 Å². The third kappa shape index (κ3) is 9.18. The number of carbonyl (C=O) groups excluding carboxylic acids is 2. The molecule has 0 fully saturated rings. The lowest BCUT2D eigenvalue weighted by atomic mass is 10.1. The van der Waals surface area contributed by atoms with Crippen LogP contribution in [0.2, 0.25) is 25.1 Å². The minimum absolute atomic E-state index is 0.0287. The summed E-state index contributed by atoms with van der Waals surface area (Å²) >= 11 is 29.6. The molecule has 0 saturated carbocycles. The van der Waals surface area contributed by atoms with Crippen LogP contribution >= 0.6 is 58.0 Å². The molecule has 42 heavy (non-hydrogen) atoms. The van der Waals surface area contributed by atoms with Crippen molar-refractivity contribution in [2.24, 2.45) is 5.16 Å². The zero-order valence-electron chi connectivity index (χ0n) is 21.2. The van der Waals surface area contributed by atoms with Crippen molar-refractivity contribution in [2.75, 3.05) is 13.7 Å². The predicted octanol–water partition coefficient (Wildman–Crippen LogP) is 7.08. The van der Waals surface area contributed by atoms with E-state index >= 15 is 4.39 Å². The molecule has 0 aliphatic heterocycles. The van der Waals surface area contributed by atoms with Crippen molar-refractivity contribution < 1.29 is 40.9 Å². The molecule has 9 nitrogen and oxygen atoms in total. The van der Waals surface area contributed by atoms with Gasteiger partial charge in [0.15, 0.2) is 18.4 Å². The van der Waals surface area contributed by atoms with Gasteiger partial charge in [-0.2, -0.15) is 8.42 Å². The quantitative estimate of drug-likeness (QED) is 0.0647. The van der Waals surface area contributed by atoms with Gasteiger partial charge in [-0.3, -0.25) is 4.18 Å². The topological polar surface area (TPSA) is 118 Å². The summed E-state index contributed by atoms with van der Waals surface area (Å²) < 4.78 is 57.9. The molecule has 224 valence electrons. The number of rotatable bonds is 12. The summed E-state index contributed by atoms with van der Waals surface area (Å²) in [6.07, 6.45) is -5.80. The Morgan fingerprint density at radius 2 is 1.38 bits per heavy atom. The van der Waals surface area contributed by atoms with Gasteiger partial charge in [-0.15, -0.1) is 0 Å². The molecule has 3 atom stereocenters. The summed E-state index contributed by atoms with van der Waals surface area (Å²) in [7, 11) is -3.77. The molecule has 0 unspecified atom stereocenters. The zero-order valence-corrected chi connectivity index (χ0v) is 25.8. The van der Waals surface area contributed by atoms with E-state index in [4.69, 9.17) is 71.7 Å². The predicted molar refractivity (Wildman–Crippen MR) is 156 cm³/mol. The van der Waals surface area contributed by atoms with Crippen LogP contribution < -0.4 is 0 Å². The van der Waals surface area contributed by atoms with E-state index in [1.165, 1.54) is 48.5 Å². The Morgan fingerprint density at radius 3 is 1.93 bits per heavy atom. The van der Waals surface area contributed by atoms with Crippen molar-refractivity contribution in [1.29, 1.82) is 0 Å². The lowest BCUT2D eigenvalue weighted by Crippen LogP contribution is -2.45. The molecule has 0 radical (unpaired) electrons. The molecule has 0 amide bonds. The second-order valence-corrected chi connectivity index (χ2v) is 11.8. The standard InChI is InChI=1S/C26H19Cl5FNO8S/c1-38-33-12-21(32)24(40-26(35)15-4-8-17(28)9-5-15)22(13-39-25(34)14-2-6-16(27)7-3-14)41-42(36,37)23-11-19(30)18(29)10-20(23)31/h2-12,21-22,24H,13H2,1H3/t21-,22-,24+/m1/s1. The molecule has 0 bridgehead atoms. The number of ether oxygens (including phenoxy) is 2. The molecule has 0 saturated heterocycles. The Morgan fingerprint density at radius 1 is 0.857 bits per heavy atom. The molecule has 3 rings (SSSR count). The summed E-state index contributed by atoms with van der Waals surface area (Å²) in [5.74, 6) is -2.04. The Labute approximate surface area is 265 Å². The summed E-state index contributed by atoms with van der Waals surface area (Å²) in [5, 5.41) is 3.34. The van der Waals surface area contributed by atoms with Crippen molar-refractivity contribution in [3.8, 4) is 0 Å². The van der Waals surface area contributed by atoms with Gasteiger partial charge in [0.05, 0.1) is 32.4 Å². The van der Waals surface area contributed by atoms with Crippen molar-refractivity contribution >= 4 is 86.3 Å². The lowest BCUT2D eigenvalue weighted by molar-refractivity contribution is -0.0478. The number of esters is 2. The van der Waals surface area contributed by atoms with Gasteiger partial charge in [0, 0.05) is 10.0 Å². The van der Waals surface area contributed by atoms with Crippen LogP contribution in [0.4, 0.5) is 4.39 Å². The van der Waals surface area contributed by atoms with E-state index in [9.17, 15) is 18.0 Å². The second-order valence-electron chi connectivity index (χ2n) is 8.15. The van der Waals surface area contributed by atoms with E-state index in [0.29, 0.717) is 16.3 Å². The van der Waals surface area contributed by atoms with Crippen molar-refractivity contribution in [3.05, 3.63) is 96.9 Å². The normalized spacial score (nSPS) is 13.8. The molecule has 0 spiro atoms. The highest BCUT2D eigenvalue weighted by Gasteiger charge is 2.39. The van der Waals surface area contributed by atoms with Gasteiger partial charge in [-0.25, -0.2) is 14.0 Å². The van der Waals surface area contributed by atoms with E-state index < -0.39 is 51.9 Å². The highest BCUT2D eigenvalue weighted by atomic mass is 35.5. The molecule has 3 aromatic carbocycles. The first-order valence-electron chi connectivity index (χ1n) is 11.5. The first-order valence-corrected chi connectivity index (χ1v) is 14.8. The average molecular weight is 702 g/mol. The van der Waals surface area contributed by atoms with Gasteiger partial charge in [0.1, 0.15) is 18.6 Å². The van der Waals surface area contributed by atoms with Crippen LogP contribution in [0.5, 0.6) is 0 Å². The Bertz CT molecular complexity index is 1560. The van der Waals surface area contributed by atoms with E-state index in [2.05, 4.69) is 9.99 Å². The largest absolute Gasteiger partial charge is 0.459 e. The Kier molecular flexibility index (Phi) is 12.2. The van der Waals surface area contributed by atoms with Crippen LogP contribution in [0.3, 0.4) is 0 Å². The molecule has 0 aromatic heterocycles. The molecule has 3 aromatic rings. The summed E-state index contributed by atoms with van der Waals surface area (Å²) in [5.41, 5.74) is -0.0337. The fourth-order valence-electron chi connectivity index (χ4n) is 3.24. The number of carbonyl (C=O) groups is 2. The third-order valence-electron chi connectivity index (χ3n) is 5.27. The molecule has 0 heterocycles. The molecular formula is C26H19Cl5FNO8S. The highest BCUT2D eigenvalue weighted by molar-refractivity contribution is 7.87. The van der Waals surface area contributed by atoms with Gasteiger partial charge < -0.3 is 14.3 Å².